The third-order valence-corrected chi connectivity index (χ3v) is 7.06. The number of carbonyl (C=O) groups excluding carboxylic acids is 1. The molecule has 0 aliphatic heterocycles. The largest absolute Gasteiger partial charge is 0.494 e. The van der Waals surface area contributed by atoms with Crippen molar-refractivity contribution in [2.24, 2.45) is 0 Å². The lowest BCUT2D eigenvalue weighted by atomic mass is 10.1. The second-order valence-electron chi connectivity index (χ2n) is 6.44. The molecule has 0 saturated carbocycles. The number of amides is 1. The zero-order valence-corrected chi connectivity index (χ0v) is 18.8. The van der Waals surface area contributed by atoms with Gasteiger partial charge in [0.15, 0.2) is 0 Å². The fourth-order valence-corrected chi connectivity index (χ4v) is 4.97. The van der Waals surface area contributed by atoms with E-state index in [1.54, 1.807) is 20.9 Å². The van der Waals surface area contributed by atoms with E-state index in [2.05, 4.69) is 0 Å². The molecule has 0 saturated heterocycles. The van der Waals surface area contributed by atoms with Crippen LogP contribution in [-0.2, 0) is 16.6 Å². The Bertz CT molecular complexity index is 959. The number of nitrogens with zero attached hydrogens (tertiary/aromatic N) is 2. The maximum absolute atomic E-state index is 13.0. The van der Waals surface area contributed by atoms with E-state index < -0.39 is 10.0 Å². The minimum Gasteiger partial charge on any atom is -0.494 e. The second kappa shape index (κ2) is 10.1. The molecule has 0 atom stereocenters. The smallest absolute Gasteiger partial charge is 0.253 e. The molecule has 2 aromatic rings. The number of hydrogen-bond donors (Lipinski definition) is 0. The lowest BCUT2D eigenvalue weighted by Gasteiger charge is -2.21. The first-order valence-corrected chi connectivity index (χ1v) is 11.3. The first-order chi connectivity index (χ1) is 13.8. The molecule has 0 unspecified atom stereocenters. The molecule has 0 spiro atoms. The maximum Gasteiger partial charge on any atom is 0.253 e. The number of rotatable bonds is 9. The first kappa shape index (κ1) is 23.2. The van der Waals surface area contributed by atoms with Gasteiger partial charge in [-0.1, -0.05) is 43.6 Å². The van der Waals surface area contributed by atoms with E-state index in [0.29, 0.717) is 26.2 Å². The van der Waals surface area contributed by atoms with Gasteiger partial charge < -0.3 is 9.64 Å². The molecule has 6 nitrogen and oxygen atoms in total. The molecule has 0 radical (unpaired) electrons. The minimum atomic E-state index is -3.78. The van der Waals surface area contributed by atoms with Gasteiger partial charge in [-0.15, -0.1) is 0 Å². The normalized spacial score (nSPS) is 11.5. The summed E-state index contributed by atoms with van der Waals surface area (Å²) in [5.74, 6) is 0.416. The summed E-state index contributed by atoms with van der Waals surface area (Å²) in [4.78, 5) is 14.4. The lowest BCUT2D eigenvalue weighted by molar-refractivity contribution is 0.0783. The van der Waals surface area contributed by atoms with Crippen LogP contribution >= 0.6 is 11.6 Å². The van der Waals surface area contributed by atoms with E-state index in [1.165, 1.54) is 27.4 Å². The van der Waals surface area contributed by atoms with Crippen LogP contribution in [-0.4, -0.2) is 50.3 Å². The second-order valence-corrected chi connectivity index (χ2v) is 8.75. The summed E-state index contributed by atoms with van der Waals surface area (Å²) in [7, 11) is -2.11. The van der Waals surface area contributed by atoms with Gasteiger partial charge in [0.2, 0.25) is 10.0 Å². The number of benzene rings is 2. The van der Waals surface area contributed by atoms with Crippen molar-refractivity contribution >= 4 is 27.5 Å². The fourth-order valence-electron chi connectivity index (χ4n) is 3.02. The molecule has 29 heavy (non-hydrogen) atoms. The minimum absolute atomic E-state index is 0.0585. The standard InChI is InChI=1S/C21H27ClN2O4S/c1-5-24(6-2)29(26,27)20-14-16(12-13-18(20)22)21(25)23(4)15-17-10-8-9-11-19(17)28-7-3/h8-14H,5-7,15H2,1-4H3. The third kappa shape index (κ3) is 5.29. The number of ether oxygens (including phenoxy) is 1. The van der Waals surface area contributed by atoms with E-state index in [4.69, 9.17) is 16.3 Å². The van der Waals surface area contributed by atoms with Gasteiger partial charge in [0, 0.05) is 37.8 Å². The van der Waals surface area contributed by atoms with Crippen LogP contribution < -0.4 is 4.74 Å². The molecule has 0 aliphatic carbocycles. The van der Waals surface area contributed by atoms with Crippen LogP contribution in [0.3, 0.4) is 0 Å². The summed E-state index contributed by atoms with van der Waals surface area (Å²) < 4.78 is 32.7. The Morgan fingerprint density at radius 2 is 1.72 bits per heavy atom. The number of hydrogen-bond acceptors (Lipinski definition) is 4. The van der Waals surface area contributed by atoms with Crippen molar-refractivity contribution < 1.29 is 17.9 Å². The van der Waals surface area contributed by atoms with E-state index >= 15 is 0 Å². The van der Waals surface area contributed by atoms with Crippen LogP contribution in [0.25, 0.3) is 0 Å². The third-order valence-electron chi connectivity index (χ3n) is 4.53. The SMILES string of the molecule is CCOc1ccccc1CN(C)C(=O)c1ccc(Cl)c(S(=O)(=O)N(CC)CC)c1. The number of sulfonamides is 1. The van der Waals surface area contributed by atoms with Crippen molar-refractivity contribution in [3.63, 3.8) is 0 Å². The number of para-hydroxylation sites is 1. The van der Waals surface area contributed by atoms with E-state index in [-0.39, 0.29) is 21.4 Å². The van der Waals surface area contributed by atoms with Gasteiger partial charge in [0.25, 0.3) is 5.91 Å². The molecule has 8 heteroatoms. The Labute approximate surface area is 178 Å². The Morgan fingerprint density at radius 3 is 2.34 bits per heavy atom. The monoisotopic (exact) mass is 438 g/mol. The van der Waals surface area contributed by atoms with Crippen LogP contribution in [0, 0.1) is 0 Å². The summed E-state index contributed by atoms with van der Waals surface area (Å²) in [6.07, 6.45) is 0. The lowest BCUT2D eigenvalue weighted by Crippen LogP contribution is -2.31. The highest BCUT2D eigenvalue weighted by Gasteiger charge is 2.26. The van der Waals surface area contributed by atoms with Crippen molar-refractivity contribution in [2.45, 2.75) is 32.2 Å². The average molecular weight is 439 g/mol. The number of carbonyl (C=O) groups is 1. The first-order valence-electron chi connectivity index (χ1n) is 9.52. The van der Waals surface area contributed by atoms with Gasteiger partial charge in [-0.3, -0.25) is 4.79 Å². The quantitative estimate of drug-likeness (QED) is 0.592. The van der Waals surface area contributed by atoms with Gasteiger partial charge in [-0.25, -0.2) is 8.42 Å². The van der Waals surface area contributed by atoms with Crippen molar-refractivity contribution in [1.29, 1.82) is 0 Å². The maximum atomic E-state index is 13.0. The number of halogens is 1. The Balaban J connectivity index is 2.32. The molecule has 2 aromatic carbocycles. The summed E-state index contributed by atoms with van der Waals surface area (Å²) >= 11 is 6.16. The van der Waals surface area contributed by atoms with Crippen molar-refractivity contribution in [1.82, 2.24) is 9.21 Å². The highest BCUT2D eigenvalue weighted by Crippen LogP contribution is 2.27. The summed E-state index contributed by atoms with van der Waals surface area (Å²) in [6, 6.07) is 11.8. The molecule has 0 fully saturated rings. The fraction of sp³-hybridized carbons (Fsp3) is 0.381. The van der Waals surface area contributed by atoms with Crippen LogP contribution in [0.15, 0.2) is 47.4 Å². The van der Waals surface area contributed by atoms with Crippen molar-refractivity contribution in [2.75, 3.05) is 26.7 Å². The topological polar surface area (TPSA) is 66.9 Å². The Hall–Kier alpha value is -2.09. The van der Waals surface area contributed by atoms with Gasteiger partial charge in [0.1, 0.15) is 10.6 Å². The highest BCUT2D eigenvalue weighted by molar-refractivity contribution is 7.89. The molecule has 1 amide bonds. The van der Waals surface area contributed by atoms with Crippen molar-refractivity contribution in [3.05, 3.63) is 58.6 Å². The summed E-state index contributed by atoms with van der Waals surface area (Å²) in [5, 5.41) is 0.0952. The molecule has 0 N–H and O–H groups in total. The molecule has 0 bridgehead atoms. The van der Waals surface area contributed by atoms with E-state index in [9.17, 15) is 13.2 Å². The van der Waals surface area contributed by atoms with Gasteiger partial charge in [-0.2, -0.15) is 4.31 Å². The van der Waals surface area contributed by atoms with E-state index in [1.807, 2.05) is 31.2 Å². The van der Waals surface area contributed by atoms with Gasteiger partial charge in [-0.05, 0) is 31.2 Å². The molecular weight excluding hydrogens is 412 g/mol. The van der Waals surface area contributed by atoms with E-state index in [0.717, 1.165) is 11.3 Å². The molecule has 0 aromatic heterocycles. The zero-order chi connectivity index (χ0) is 21.6. The zero-order valence-electron chi connectivity index (χ0n) is 17.2. The summed E-state index contributed by atoms with van der Waals surface area (Å²) in [6.45, 7) is 6.91. The van der Waals surface area contributed by atoms with Gasteiger partial charge >= 0.3 is 0 Å². The highest BCUT2D eigenvalue weighted by atomic mass is 35.5. The molecule has 2 rings (SSSR count). The predicted octanol–water partition coefficient (Wildman–Crippen LogP) is 4.04. The predicted molar refractivity (Wildman–Crippen MR) is 115 cm³/mol. The summed E-state index contributed by atoms with van der Waals surface area (Å²) in [5.41, 5.74) is 1.13. The molecular formula is C21H27ClN2O4S. The average Bonchev–Trinajstić information content (AvgIpc) is 2.70. The Kier molecular flexibility index (Phi) is 8.07. The van der Waals surface area contributed by atoms with Crippen LogP contribution in [0.1, 0.15) is 36.7 Å². The molecule has 0 heterocycles. The van der Waals surface area contributed by atoms with Crippen LogP contribution in [0.4, 0.5) is 0 Å². The molecule has 0 aliphatic rings. The van der Waals surface area contributed by atoms with Gasteiger partial charge in [0.05, 0.1) is 11.6 Å². The Morgan fingerprint density at radius 1 is 1.07 bits per heavy atom. The van der Waals surface area contributed by atoms with Crippen LogP contribution in [0.5, 0.6) is 5.75 Å². The van der Waals surface area contributed by atoms with Crippen LogP contribution in [0.2, 0.25) is 5.02 Å². The molecule has 158 valence electrons. The van der Waals surface area contributed by atoms with Crippen molar-refractivity contribution in [3.8, 4) is 5.75 Å².